The Bertz CT molecular complexity index is 499. The van der Waals surface area contributed by atoms with Gasteiger partial charge < -0.3 is 4.74 Å². The molecular formula is C10H6Cl6O3. The van der Waals surface area contributed by atoms with Crippen molar-refractivity contribution < 1.29 is 14.3 Å². The van der Waals surface area contributed by atoms with E-state index in [1.807, 2.05) is 0 Å². The monoisotopic (exact) mass is 384 g/mol. The number of allylic oxidation sites excluding steroid dienone is 2. The number of ether oxygens (including phenoxy) is 1. The third-order valence-corrected chi connectivity index (χ3v) is 7.90. The molecule has 0 amide bonds. The van der Waals surface area contributed by atoms with Gasteiger partial charge in [0.25, 0.3) is 0 Å². The second-order valence-electron chi connectivity index (χ2n) is 4.32. The first kappa shape index (κ1) is 16.0. The van der Waals surface area contributed by atoms with Crippen LogP contribution in [0.4, 0.5) is 0 Å². The number of carbonyl (C=O) groups is 2. The number of cyclic esters (lactones) is 2. The fraction of sp³-hybridized carbons (Fsp3) is 0.600. The summed E-state index contributed by atoms with van der Waals surface area (Å²) in [5.74, 6) is -3.99. The van der Waals surface area contributed by atoms with Crippen molar-refractivity contribution in [3.05, 3.63) is 10.1 Å². The SMILES string of the molecule is C.O=C1OC(=O)C2C1C1(Cl)C(Cl)=C(Cl)C2(Cl)C1(Cl)Cl. The largest absolute Gasteiger partial charge is 0.393 e. The first-order valence-electron chi connectivity index (χ1n) is 4.69. The molecule has 2 bridgehead atoms. The van der Waals surface area contributed by atoms with Gasteiger partial charge in [-0.25, -0.2) is 0 Å². The summed E-state index contributed by atoms with van der Waals surface area (Å²) >= 11 is 36.9. The summed E-state index contributed by atoms with van der Waals surface area (Å²) in [4.78, 5) is 19.9. The van der Waals surface area contributed by atoms with Gasteiger partial charge in [0.2, 0.25) is 0 Å². The van der Waals surface area contributed by atoms with Crippen LogP contribution in [-0.2, 0) is 14.3 Å². The van der Waals surface area contributed by atoms with E-state index in [4.69, 9.17) is 69.6 Å². The molecule has 0 radical (unpaired) electrons. The number of hydrogen-bond donors (Lipinski definition) is 0. The van der Waals surface area contributed by atoms with Crippen molar-refractivity contribution in [1.29, 1.82) is 0 Å². The van der Waals surface area contributed by atoms with Crippen LogP contribution in [0.25, 0.3) is 0 Å². The summed E-state index contributed by atoms with van der Waals surface area (Å²) in [6.45, 7) is 0. The zero-order valence-electron chi connectivity index (χ0n) is 8.15. The average molecular weight is 387 g/mol. The molecule has 106 valence electrons. The van der Waals surface area contributed by atoms with Crippen molar-refractivity contribution >= 4 is 81.5 Å². The Kier molecular flexibility index (Phi) is 3.44. The maximum Gasteiger partial charge on any atom is 0.319 e. The van der Waals surface area contributed by atoms with Gasteiger partial charge in [-0.05, 0) is 0 Å². The van der Waals surface area contributed by atoms with Gasteiger partial charge in [0, 0.05) is 0 Å². The van der Waals surface area contributed by atoms with Crippen LogP contribution in [0.3, 0.4) is 0 Å². The van der Waals surface area contributed by atoms with Gasteiger partial charge >= 0.3 is 11.9 Å². The Morgan fingerprint density at radius 1 is 0.842 bits per heavy atom. The molecule has 19 heavy (non-hydrogen) atoms. The summed E-state index contributed by atoms with van der Waals surface area (Å²) in [6, 6.07) is 0. The zero-order chi connectivity index (χ0) is 13.7. The highest BCUT2D eigenvalue weighted by Gasteiger charge is 2.87. The van der Waals surface area contributed by atoms with Gasteiger partial charge in [-0.15, -0.1) is 23.2 Å². The predicted molar refractivity (Wildman–Crippen MR) is 75.1 cm³/mol. The van der Waals surface area contributed by atoms with E-state index < -0.39 is 37.9 Å². The topological polar surface area (TPSA) is 43.4 Å². The van der Waals surface area contributed by atoms with Crippen LogP contribution in [-0.4, -0.2) is 26.0 Å². The Hall–Kier alpha value is 0.620. The number of esters is 2. The number of halogens is 6. The Morgan fingerprint density at radius 3 is 1.47 bits per heavy atom. The second kappa shape index (κ2) is 4.08. The number of hydrogen-bond acceptors (Lipinski definition) is 3. The van der Waals surface area contributed by atoms with Crippen molar-refractivity contribution in [2.45, 2.75) is 21.5 Å². The highest BCUT2D eigenvalue weighted by Crippen LogP contribution is 2.77. The highest BCUT2D eigenvalue weighted by molar-refractivity contribution is 6.66. The van der Waals surface area contributed by atoms with Gasteiger partial charge in [-0.3, -0.25) is 9.59 Å². The minimum atomic E-state index is -1.89. The minimum absolute atomic E-state index is 0. The number of rotatable bonds is 0. The maximum absolute atomic E-state index is 11.7. The number of fused-ring (bicyclic) bond motifs is 5. The lowest BCUT2D eigenvalue weighted by Crippen LogP contribution is -2.47. The molecule has 9 heteroatoms. The number of alkyl halides is 4. The Labute approximate surface area is 139 Å². The Balaban J connectivity index is 0.00000133. The molecule has 3 nitrogen and oxygen atoms in total. The van der Waals surface area contributed by atoms with Crippen molar-refractivity contribution in [1.82, 2.24) is 0 Å². The van der Waals surface area contributed by atoms with E-state index in [0.29, 0.717) is 0 Å². The summed E-state index contributed by atoms with van der Waals surface area (Å²) in [6.07, 6.45) is 0. The second-order valence-corrected chi connectivity index (χ2v) is 7.60. The number of carbonyl (C=O) groups excluding carboxylic acids is 2. The highest BCUT2D eigenvalue weighted by atomic mass is 35.5. The lowest BCUT2D eigenvalue weighted by atomic mass is 9.84. The molecule has 1 heterocycles. The van der Waals surface area contributed by atoms with Crippen molar-refractivity contribution in [3.63, 3.8) is 0 Å². The Morgan fingerprint density at radius 2 is 1.16 bits per heavy atom. The minimum Gasteiger partial charge on any atom is -0.393 e. The summed E-state index contributed by atoms with van der Waals surface area (Å²) < 4.78 is 2.63. The average Bonchev–Trinajstić information content (AvgIpc) is 2.68. The molecule has 1 saturated heterocycles. The third kappa shape index (κ3) is 1.31. The van der Waals surface area contributed by atoms with E-state index in [1.165, 1.54) is 0 Å². The quantitative estimate of drug-likeness (QED) is 0.361. The summed E-state index contributed by atoms with van der Waals surface area (Å²) in [7, 11) is 0. The molecule has 4 atom stereocenters. The first-order valence-corrected chi connectivity index (χ1v) is 6.96. The fourth-order valence-corrected chi connectivity index (χ4v) is 5.73. The molecule has 3 rings (SSSR count). The molecule has 2 fully saturated rings. The lowest BCUT2D eigenvalue weighted by molar-refractivity contribution is -0.154. The van der Waals surface area contributed by atoms with Crippen molar-refractivity contribution in [2.75, 3.05) is 0 Å². The zero-order valence-corrected chi connectivity index (χ0v) is 12.7. The molecule has 2 aliphatic carbocycles. The van der Waals surface area contributed by atoms with Crippen LogP contribution >= 0.6 is 69.6 Å². The van der Waals surface area contributed by atoms with E-state index in [1.54, 1.807) is 0 Å². The molecule has 0 aromatic heterocycles. The normalized spacial score (nSPS) is 46.2. The van der Waals surface area contributed by atoms with Crippen LogP contribution in [0.5, 0.6) is 0 Å². The summed E-state index contributed by atoms with van der Waals surface area (Å²) in [5, 5.41) is -0.252. The van der Waals surface area contributed by atoms with E-state index in [2.05, 4.69) is 4.74 Å². The van der Waals surface area contributed by atoms with Crippen molar-refractivity contribution in [3.8, 4) is 0 Å². The van der Waals surface area contributed by atoms with Gasteiger partial charge in [-0.1, -0.05) is 53.8 Å². The molecule has 0 spiro atoms. The summed E-state index contributed by atoms with van der Waals surface area (Å²) in [5.41, 5.74) is 0. The standard InChI is InChI=1S/C9H2Cl6O3.CH4/c10-3-4(11)8(13)2-1(5(16)18-6(2)17)7(3,12)9(8,14)15;/h1-2H;1H4. The smallest absolute Gasteiger partial charge is 0.319 e. The van der Waals surface area contributed by atoms with Gasteiger partial charge in [0.05, 0.1) is 10.1 Å². The molecule has 0 aromatic rings. The first-order chi connectivity index (χ1) is 8.11. The van der Waals surface area contributed by atoms with E-state index in [-0.39, 0.29) is 17.5 Å². The van der Waals surface area contributed by atoms with Crippen molar-refractivity contribution in [2.24, 2.45) is 11.8 Å². The van der Waals surface area contributed by atoms with Gasteiger partial charge in [0.1, 0.15) is 21.6 Å². The molecule has 4 unspecified atom stereocenters. The lowest BCUT2D eigenvalue weighted by Gasteiger charge is -2.32. The van der Waals surface area contributed by atoms with Crippen LogP contribution in [0.15, 0.2) is 10.1 Å². The molecule has 0 N–H and O–H groups in total. The fourth-order valence-electron chi connectivity index (χ4n) is 2.81. The molecule has 3 aliphatic rings. The van der Waals surface area contributed by atoms with Gasteiger partial charge in [-0.2, -0.15) is 0 Å². The van der Waals surface area contributed by atoms with Crippen LogP contribution in [0, 0.1) is 11.8 Å². The van der Waals surface area contributed by atoms with E-state index in [9.17, 15) is 9.59 Å². The third-order valence-electron chi connectivity index (χ3n) is 3.64. The molecule has 1 saturated carbocycles. The van der Waals surface area contributed by atoms with Crippen LogP contribution in [0.2, 0.25) is 0 Å². The van der Waals surface area contributed by atoms with E-state index >= 15 is 0 Å². The van der Waals surface area contributed by atoms with Gasteiger partial charge in [0.15, 0.2) is 4.33 Å². The van der Waals surface area contributed by atoms with Crippen LogP contribution in [0.1, 0.15) is 7.43 Å². The molecule has 1 aliphatic heterocycles. The van der Waals surface area contributed by atoms with E-state index in [0.717, 1.165) is 0 Å². The molecule has 0 aromatic carbocycles. The maximum atomic E-state index is 11.7. The predicted octanol–water partition coefficient (Wildman–Crippen LogP) is 3.78. The van der Waals surface area contributed by atoms with Crippen LogP contribution < -0.4 is 0 Å². The molecular weight excluding hydrogens is 381 g/mol.